The second-order valence-corrected chi connectivity index (χ2v) is 21.9. The summed E-state index contributed by atoms with van der Waals surface area (Å²) in [4.78, 5) is 31.6. The highest BCUT2D eigenvalue weighted by molar-refractivity contribution is 7.10. The molecule has 0 N–H and O–H groups in total. The van der Waals surface area contributed by atoms with E-state index < -0.39 is 35.7 Å². The Hall–Kier alpha value is -0.112. The van der Waals surface area contributed by atoms with E-state index in [-0.39, 0.29) is 23.3 Å². The lowest BCUT2D eigenvalue weighted by atomic mass is 10.2. The first-order chi connectivity index (χ1) is 16.8. The van der Waals surface area contributed by atoms with Crippen molar-refractivity contribution in [2.45, 2.75) is 79.2 Å². The quantitative estimate of drug-likeness (QED) is 0.355. The summed E-state index contributed by atoms with van der Waals surface area (Å²) in [5.41, 5.74) is 0. The standard InChI is InChI=1S/C22H46N2O8Si4/c1-17(2)21-23(13-15-27-21)11-9-19(25)35(7)30-33(5)29-34(6)31-36(8,32-35)20(26)10-12-24-14-16-28-22(24)18(3)4/h17-18,21-22,33-34H,9-16H2,1-8H3. The number of carbonyl (C=O) groups excluding carboxylic acids is 2. The smallest absolute Gasteiger partial charge is 0.389 e. The summed E-state index contributed by atoms with van der Waals surface area (Å²) in [6.45, 7) is 19.9. The lowest BCUT2D eigenvalue weighted by Crippen LogP contribution is -2.66. The minimum absolute atomic E-state index is 0.0173. The molecule has 3 saturated heterocycles. The van der Waals surface area contributed by atoms with Crippen LogP contribution in [0.2, 0.25) is 26.2 Å². The van der Waals surface area contributed by atoms with E-state index in [0.29, 0.717) is 51.0 Å². The fourth-order valence-electron chi connectivity index (χ4n) is 5.32. The van der Waals surface area contributed by atoms with Crippen LogP contribution in [0.1, 0.15) is 40.5 Å². The number of hydrogen-bond donors (Lipinski definition) is 0. The Bertz CT molecular complexity index is 720. The zero-order valence-corrected chi connectivity index (χ0v) is 27.6. The van der Waals surface area contributed by atoms with Crippen LogP contribution in [0.5, 0.6) is 0 Å². The van der Waals surface area contributed by atoms with Crippen LogP contribution in [-0.4, -0.2) is 108 Å². The van der Waals surface area contributed by atoms with E-state index in [1.54, 1.807) is 13.1 Å². The van der Waals surface area contributed by atoms with Crippen LogP contribution in [0.25, 0.3) is 0 Å². The monoisotopic (exact) mass is 578 g/mol. The summed E-state index contributed by atoms with van der Waals surface area (Å²) >= 11 is 0. The SMILES string of the molecule is CC(C)C1OCCN1CCC(=O)[Si]1(C)O[SiH](C)O[SiH](C)O[Si](C)(C(=O)CCN2CCOC2C(C)C)O1. The molecular weight excluding hydrogens is 533 g/mol. The molecule has 0 bridgehead atoms. The van der Waals surface area contributed by atoms with Crippen molar-refractivity contribution in [3.63, 3.8) is 0 Å². The molecule has 0 aliphatic carbocycles. The van der Waals surface area contributed by atoms with E-state index in [9.17, 15) is 9.59 Å². The van der Waals surface area contributed by atoms with Crippen LogP contribution in [0, 0.1) is 11.8 Å². The van der Waals surface area contributed by atoms with Gasteiger partial charge in [-0.1, -0.05) is 27.7 Å². The van der Waals surface area contributed by atoms with Crippen LogP contribution in [0.3, 0.4) is 0 Å². The normalized spacial score (nSPS) is 36.9. The minimum atomic E-state index is -3.40. The fourth-order valence-corrected chi connectivity index (χ4v) is 21.3. The number of rotatable bonds is 10. The van der Waals surface area contributed by atoms with Crippen molar-refractivity contribution in [2.24, 2.45) is 11.8 Å². The van der Waals surface area contributed by atoms with Crippen LogP contribution >= 0.6 is 0 Å². The summed E-state index contributed by atoms with van der Waals surface area (Å²) in [6, 6.07) is 0. The van der Waals surface area contributed by atoms with Gasteiger partial charge in [0.2, 0.25) is 0 Å². The van der Waals surface area contributed by atoms with Gasteiger partial charge in [-0.15, -0.1) is 0 Å². The van der Waals surface area contributed by atoms with E-state index in [1.807, 2.05) is 13.1 Å². The summed E-state index contributed by atoms with van der Waals surface area (Å²) in [7, 11) is -11.1. The van der Waals surface area contributed by atoms with Gasteiger partial charge in [0, 0.05) is 39.0 Å². The van der Waals surface area contributed by atoms with E-state index in [1.165, 1.54) is 0 Å². The first-order valence-electron chi connectivity index (χ1n) is 13.3. The molecular formula is C22H46N2O8Si4. The van der Waals surface area contributed by atoms with Crippen LogP contribution in [0.4, 0.5) is 0 Å². The third kappa shape index (κ3) is 7.50. The van der Waals surface area contributed by atoms with Crippen molar-refractivity contribution in [1.82, 2.24) is 9.80 Å². The maximum Gasteiger partial charge on any atom is 0.389 e. The predicted molar refractivity (Wildman–Crippen MR) is 145 cm³/mol. The molecule has 3 fully saturated rings. The Morgan fingerprint density at radius 1 is 0.806 bits per heavy atom. The Labute approximate surface area is 222 Å². The van der Waals surface area contributed by atoms with Crippen LogP contribution in [0.15, 0.2) is 0 Å². The maximum atomic E-state index is 13.6. The second kappa shape index (κ2) is 12.8. The third-order valence-corrected chi connectivity index (χ3v) is 22.0. The van der Waals surface area contributed by atoms with Gasteiger partial charge in [0.1, 0.15) is 12.5 Å². The summed E-state index contributed by atoms with van der Waals surface area (Å²) in [6.07, 6.45) is 0.624. The third-order valence-electron chi connectivity index (χ3n) is 7.01. The maximum absolute atomic E-state index is 13.6. The molecule has 6 unspecified atom stereocenters. The number of ether oxygens (including phenoxy) is 2. The van der Waals surface area contributed by atoms with Crippen molar-refractivity contribution in [3.05, 3.63) is 0 Å². The first-order valence-corrected chi connectivity index (χ1v) is 22.2. The van der Waals surface area contributed by atoms with Gasteiger partial charge in [0.25, 0.3) is 0 Å². The average Bonchev–Trinajstić information content (AvgIpc) is 3.43. The molecule has 36 heavy (non-hydrogen) atoms. The number of hydrogen-bond acceptors (Lipinski definition) is 10. The molecule has 0 radical (unpaired) electrons. The first kappa shape index (κ1) is 30.4. The molecule has 3 heterocycles. The average molecular weight is 579 g/mol. The number of nitrogens with zero attached hydrogens (tertiary/aromatic N) is 2. The van der Waals surface area contributed by atoms with E-state index in [2.05, 4.69) is 37.5 Å². The zero-order valence-electron chi connectivity index (χ0n) is 23.3. The van der Waals surface area contributed by atoms with Gasteiger partial charge >= 0.3 is 35.7 Å². The largest absolute Gasteiger partial charge is 0.420 e. The molecule has 6 atom stereocenters. The molecule has 3 aliphatic heterocycles. The molecule has 208 valence electrons. The summed E-state index contributed by atoms with van der Waals surface area (Å²) in [5, 5.41) is -0.113. The lowest BCUT2D eigenvalue weighted by Gasteiger charge is -2.41. The minimum Gasteiger partial charge on any atom is -0.420 e. The van der Waals surface area contributed by atoms with Crippen LogP contribution < -0.4 is 0 Å². The van der Waals surface area contributed by atoms with E-state index in [4.69, 9.17) is 25.9 Å². The molecule has 0 aromatic carbocycles. The highest BCUT2D eigenvalue weighted by Crippen LogP contribution is 2.27. The van der Waals surface area contributed by atoms with Gasteiger partial charge in [-0.2, -0.15) is 0 Å². The van der Waals surface area contributed by atoms with E-state index in [0.717, 1.165) is 13.1 Å². The zero-order chi connectivity index (χ0) is 26.7. The van der Waals surface area contributed by atoms with Crippen molar-refractivity contribution in [2.75, 3.05) is 39.4 Å². The highest BCUT2D eigenvalue weighted by atomic mass is 28.5. The van der Waals surface area contributed by atoms with Gasteiger partial charge in [-0.25, -0.2) is 0 Å². The summed E-state index contributed by atoms with van der Waals surface area (Å²) in [5.74, 6) is 0.684. The molecule has 0 aromatic rings. The number of carbonyl (C=O) groups is 2. The molecule has 0 amide bonds. The van der Waals surface area contributed by atoms with Gasteiger partial charge in [-0.3, -0.25) is 19.4 Å². The Kier molecular flexibility index (Phi) is 10.8. The van der Waals surface area contributed by atoms with E-state index >= 15 is 0 Å². The van der Waals surface area contributed by atoms with Gasteiger partial charge in [0.15, 0.2) is 10.8 Å². The van der Waals surface area contributed by atoms with Crippen molar-refractivity contribution in [1.29, 1.82) is 0 Å². The Morgan fingerprint density at radius 2 is 1.19 bits per heavy atom. The molecule has 0 aromatic heterocycles. The molecule has 14 heteroatoms. The van der Waals surface area contributed by atoms with Crippen molar-refractivity contribution in [3.8, 4) is 0 Å². The molecule has 0 saturated carbocycles. The molecule has 0 spiro atoms. The van der Waals surface area contributed by atoms with Crippen molar-refractivity contribution < 1.29 is 35.5 Å². The second-order valence-electron chi connectivity index (χ2n) is 10.9. The highest BCUT2D eigenvalue weighted by Gasteiger charge is 2.55. The van der Waals surface area contributed by atoms with Gasteiger partial charge in [-0.05, 0) is 38.0 Å². The molecule has 3 rings (SSSR count). The van der Waals surface area contributed by atoms with Crippen molar-refractivity contribution >= 4 is 46.5 Å². The topological polar surface area (TPSA) is 96.0 Å². The lowest BCUT2D eigenvalue weighted by molar-refractivity contribution is -0.116. The predicted octanol–water partition coefficient (Wildman–Crippen LogP) is 1.54. The fraction of sp³-hybridized carbons (Fsp3) is 0.909. The Morgan fingerprint density at radius 3 is 1.56 bits per heavy atom. The Balaban J connectivity index is 1.70. The van der Waals surface area contributed by atoms with Gasteiger partial charge in [0.05, 0.1) is 13.2 Å². The molecule has 10 nitrogen and oxygen atoms in total. The molecule has 3 aliphatic rings. The summed E-state index contributed by atoms with van der Waals surface area (Å²) < 4.78 is 36.9. The van der Waals surface area contributed by atoms with Gasteiger partial charge < -0.3 is 25.9 Å². The van der Waals surface area contributed by atoms with Crippen LogP contribution in [-0.2, 0) is 35.5 Å².